The third-order valence-electron chi connectivity index (χ3n) is 3.32. The first-order chi connectivity index (χ1) is 11.2. The second kappa shape index (κ2) is 5.40. The fraction of sp³-hybridized carbons (Fsp3) is 0.133. The lowest BCUT2D eigenvalue weighted by molar-refractivity contribution is 0.0463. The van der Waals surface area contributed by atoms with E-state index in [0.717, 1.165) is 0 Å². The van der Waals surface area contributed by atoms with Gasteiger partial charge in [-0.2, -0.15) is 0 Å². The number of benzene rings is 1. The first-order valence-corrected chi connectivity index (χ1v) is 7.62. The van der Waals surface area contributed by atoms with Crippen LogP contribution in [-0.4, -0.2) is 22.1 Å². The highest BCUT2D eigenvalue weighted by molar-refractivity contribution is 7.15. The number of para-hydroxylation sites is 1. The van der Waals surface area contributed by atoms with Gasteiger partial charge in [-0.1, -0.05) is 6.07 Å². The molecule has 3 aromatic rings. The van der Waals surface area contributed by atoms with Crippen LogP contribution in [0.4, 0.5) is 0 Å². The first-order valence-electron chi connectivity index (χ1n) is 6.74. The molecule has 0 spiro atoms. The Labute approximate surface area is 133 Å². The number of fused-ring (bicyclic) bond motifs is 2. The lowest BCUT2D eigenvalue weighted by Crippen LogP contribution is -2.14. The van der Waals surface area contributed by atoms with Crippen molar-refractivity contribution in [1.82, 2.24) is 9.38 Å². The minimum absolute atomic E-state index is 0.0764. The zero-order valence-corrected chi connectivity index (χ0v) is 12.5. The average molecular weight is 330 g/mol. The summed E-state index contributed by atoms with van der Waals surface area (Å²) in [4.78, 5) is 28.9. The number of aromatic nitrogens is 2. The van der Waals surface area contributed by atoms with E-state index in [0.29, 0.717) is 22.2 Å². The largest absolute Gasteiger partial charge is 0.455 e. The predicted octanol–water partition coefficient (Wildman–Crippen LogP) is 1.84. The molecule has 3 heterocycles. The Morgan fingerprint density at radius 2 is 2.30 bits per heavy atom. The van der Waals surface area contributed by atoms with Gasteiger partial charge >= 0.3 is 5.97 Å². The van der Waals surface area contributed by atoms with E-state index in [4.69, 9.17) is 14.2 Å². The molecule has 0 fully saturated rings. The van der Waals surface area contributed by atoms with Gasteiger partial charge in [-0.15, -0.1) is 11.3 Å². The Bertz CT molecular complexity index is 962. The van der Waals surface area contributed by atoms with Crippen molar-refractivity contribution in [2.24, 2.45) is 0 Å². The highest BCUT2D eigenvalue weighted by atomic mass is 32.1. The summed E-state index contributed by atoms with van der Waals surface area (Å²) in [5, 5.41) is 1.77. The van der Waals surface area contributed by atoms with E-state index in [9.17, 15) is 9.59 Å². The molecule has 0 unspecified atom stereocenters. The van der Waals surface area contributed by atoms with Crippen molar-refractivity contribution in [2.45, 2.75) is 6.61 Å². The maximum absolute atomic E-state index is 12.2. The van der Waals surface area contributed by atoms with Gasteiger partial charge in [0.25, 0.3) is 5.56 Å². The van der Waals surface area contributed by atoms with E-state index in [-0.39, 0.29) is 24.5 Å². The smallest absolute Gasteiger partial charge is 0.342 e. The SMILES string of the molecule is O=C(OCc1cc(=O)n2ccsc2n1)c1cccc2c1OCO2. The Balaban J connectivity index is 1.55. The molecule has 0 N–H and O–H groups in total. The van der Waals surface area contributed by atoms with Crippen LogP contribution in [0.5, 0.6) is 11.5 Å². The molecule has 8 heteroatoms. The lowest BCUT2D eigenvalue weighted by Gasteiger charge is -2.06. The molecule has 4 rings (SSSR count). The van der Waals surface area contributed by atoms with Gasteiger partial charge in [-0.25, -0.2) is 9.78 Å². The van der Waals surface area contributed by atoms with E-state index in [1.807, 2.05) is 0 Å². The molecule has 1 aliphatic rings. The van der Waals surface area contributed by atoms with Crippen LogP contribution in [0.25, 0.3) is 4.96 Å². The summed E-state index contributed by atoms with van der Waals surface area (Å²) in [6, 6.07) is 6.35. The van der Waals surface area contributed by atoms with Gasteiger partial charge in [0, 0.05) is 17.6 Å². The van der Waals surface area contributed by atoms with Crippen LogP contribution in [0.3, 0.4) is 0 Å². The molecule has 0 amide bonds. The van der Waals surface area contributed by atoms with Gasteiger partial charge < -0.3 is 14.2 Å². The van der Waals surface area contributed by atoms with Gasteiger partial charge in [-0.3, -0.25) is 9.20 Å². The molecule has 1 aliphatic heterocycles. The van der Waals surface area contributed by atoms with E-state index in [1.165, 1.54) is 21.8 Å². The summed E-state index contributed by atoms with van der Waals surface area (Å²) in [6.07, 6.45) is 1.65. The number of carbonyl (C=O) groups excluding carboxylic acids is 1. The topological polar surface area (TPSA) is 79.1 Å². The van der Waals surface area contributed by atoms with Crippen LogP contribution in [-0.2, 0) is 11.3 Å². The number of ether oxygens (including phenoxy) is 3. The molecule has 116 valence electrons. The number of nitrogens with zero attached hydrogens (tertiary/aromatic N) is 2. The highest BCUT2D eigenvalue weighted by Crippen LogP contribution is 2.35. The molecule has 0 bridgehead atoms. The Morgan fingerprint density at radius 3 is 3.22 bits per heavy atom. The number of thiazole rings is 1. The second-order valence-corrected chi connectivity index (χ2v) is 5.63. The minimum atomic E-state index is -0.555. The first kappa shape index (κ1) is 13.8. The molecule has 7 nitrogen and oxygen atoms in total. The monoisotopic (exact) mass is 330 g/mol. The van der Waals surface area contributed by atoms with E-state index >= 15 is 0 Å². The van der Waals surface area contributed by atoms with Crippen molar-refractivity contribution >= 4 is 22.3 Å². The van der Waals surface area contributed by atoms with Crippen molar-refractivity contribution in [3.8, 4) is 11.5 Å². The molecule has 0 radical (unpaired) electrons. The molecule has 2 aromatic heterocycles. The van der Waals surface area contributed by atoms with Crippen molar-refractivity contribution in [3.05, 3.63) is 57.5 Å². The van der Waals surface area contributed by atoms with E-state index < -0.39 is 5.97 Å². The summed E-state index contributed by atoms with van der Waals surface area (Å²) in [5.41, 5.74) is 0.476. The number of esters is 1. The fourth-order valence-corrected chi connectivity index (χ4v) is 3.01. The van der Waals surface area contributed by atoms with E-state index in [1.54, 1.807) is 29.8 Å². The van der Waals surface area contributed by atoms with Gasteiger partial charge in [0.05, 0.1) is 5.69 Å². The number of rotatable bonds is 3. The molecule has 1 aromatic carbocycles. The molecule has 0 aliphatic carbocycles. The average Bonchev–Trinajstić information content (AvgIpc) is 3.20. The van der Waals surface area contributed by atoms with Crippen LogP contribution in [0.15, 0.2) is 40.6 Å². The van der Waals surface area contributed by atoms with Crippen LogP contribution in [0, 0.1) is 0 Å². The highest BCUT2D eigenvalue weighted by Gasteiger charge is 2.22. The Kier molecular flexibility index (Phi) is 3.23. The van der Waals surface area contributed by atoms with Gasteiger partial charge in [0.2, 0.25) is 6.79 Å². The normalized spacial score (nSPS) is 12.5. The van der Waals surface area contributed by atoms with Crippen LogP contribution in [0.2, 0.25) is 0 Å². The molecular formula is C15H10N2O5S. The van der Waals surface area contributed by atoms with E-state index in [2.05, 4.69) is 4.98 Å². The molecule has 23 heavy (non-hydrogen) atoms. The lowest BCUT2D eigenvalue weighted by atomic mass is 10.2. The summed E-state index contributed by atoms with van der Waals surface area (Å²) >= 11 is 1.34. The summed E-state index contributed by atoms with van der Waals surface area (Å²) < 4.78 is 17.2. The zero-order valence-electron chi connectivity index (χ0n) is 11.7. The van der Waals surface area contributed by atoms with Crippen molar-refractivity contribution in [3.63, 3.8) is 0 Å². The maximum Gasteiger partial charge on any atom is 0.342 e. The Morgan fingerprint density at radius 1 is 1.39 bits per heavy atom. The molecular weight excluding hydrogens is 320 g/mol. The van der Waals surface area contributed by atoms with Gasteiger partial charge in [0.1, 0.15) is 12.2 Å². The standard InChI is InChI=1S/C15H10N2O5S/c18-12-6-9(16-15-17(12)4-5-23-15)7-20-14(19)10-2-1-3-11-13(10)22-8-21-11/h1-6H,7-8H2. The number of carbonyl (C=O) groups is 1. The second-order valence-electron chi connectivity index (χ2n) is 4.76. The van der Waals surface area contributed by atoms with Crippen LogP contribution in [0.1, 0.15) is 16.1 Å². The van der Waals surface area contributed by atoms with Crippen molar-refractivity contribution in [1.29, 1.82) is 0 Å². The van der Waals surface area contributed by atoms with Gasteiger partial charge in [0.15, 0.2) is 16.5 Å². The molecule has 0 saturated heterocycles. The fourth-order valence-electron chi connectivity index (χ4n) is 2.27. The van der Waals surface area contributed by atoms with Crippen molar-refractivity contribution in [2.75, 3.05) is 6.79 Å². The summed E-state index contributed by atoms with van der Waals surface area (Å²) in [6.45, 7) is -0.0139. The predicted molar refractivity (Wildman–Crippen MR) is 81.0 cm³/mol. The maximum atomic E-state index is 12.2. The Hall–Kier alpha value is -2.87. The summed E-state index contributed by atoms with van der Waals surface area (Å²) in [7, 11) is 0. The molecule has 0 atom stereocenters. The number of hydrogen-bond donors (Lipinski definition) is 0. The minimum Gasteiger partial charge on any atom is -0.455 e. The molecule has 0 saturated carbocycles. The zero-order chi connectivity index (χ0) is 15.8. The van der Waals surface area contributed by atoms with Gasteiger partial charge in [-0.05, 0) is 12.1 Å². The van der Waals surface area contributed by atoms with Crippen molar-refractivity contribution < 1.29 is 19.0 Å². The third kappa shape index (κ3) is 2.42. The number of hydrogen-bond acceptors (Lipinski definition) is 7. The summed E-state index contributed by atoms with van der Waals surface area (Å²) in [5.74, 6) is 0.329. The van der Waals surface area contributed by atoms with Crippen LogP contribution >= 0.6 is 11.3 Å². The third-order valence-corrected chi connectivity index (χ3v) is 4.08. The van der Waals surface area contributed by atoms with Crippen LogP contribution < -0.4 is 15.0 Å². The quantitative estimate of drug-likeness (QED) is 0.682.